The summed E-state index contributed by atoms with van der Waals surface area (Å²) in [5.41, 5.74) is 1.56. The second-order valence-corrected chi connectivity index (χ2v) is 15.6. The Kier molecular flexibility index (Phi) is 9.40. The van der Waals surface area contributed by atoms with Gasteiger partial charge < -0.3 is 0 Å². The first-order chi connectivity index (χ1) is 13.4. The van der Waals surface area contributed by atoms with Crippen LogP contribution < -0.4 is 0 Å². The van der Waals surface area contributed by atoms with E-state index in [-0.39, 0.29) is 35.9 Å². The van der Waals surface area contributed by atoms with E-state index in [4.69, 9.17) is 0 Å². The average molecular weight is 503 g/mol. The van der Waals surface area contributed by atoms with Crippen LogP contribution in [0.15, 0.2) is 24.3 Å². The zero-order valence-electron chi connectivity index (χ0n) is 17.5. The van der Waals surface area contributed by atoms with E-state index < -0.39 is 51.3 Å². The molecule has 0 amide bonds. The van der Waals surface area contributed by atoms with Crippen LogP contribution >= 0.6 is 0 Å². The summed E-state index contributed by atoms with van der Waals surface area (Å²) in [7, 11) is -11.1. The lowest BCUT2D eigenvalue weighted by Crippen LogP contribution is -2.33. The first kappa shape index (κ1) is 27.4. The molecule has 0 saturated heterocycles. The molecule has 12 heteroatoms. The average Bonchev–Trinajstić information content (AvgIpc) is 2.58. The molecule has 2 N–H and O–H groups in total. The zero-order valence-corrected chi connectivity index (χ0v) is 20.8. The normalized spacial score (nSPS) is 15.7. The van der Waals surface area contributed by atoms with Crippen molar-refractivity contribution >= 4 is 41.8 Å². The maximum Gasteiger partial charge on any atom is 0.270 e. The molecule has 1 rings (SSSR count). The van der Waals surface area contributed by atoms with Gasteiger partial charge in [0.1, 0.15) is 0 Å². The molecular weight excluding hydrogens is 472 g/mol. The SMILES string of the molecule is CC(C)(CCS(=O)Cc1ccc(CS(=O)CCC(C)(C)S(=O)(=O)O)cc1)S(=O)(=O)O. The minimum Gasteiger partial charge on any atom is -0.285 e. The molecule has 0 spiro atoms. The highest BCUT2D eigenvalue weighted by Crippen LogP contribution is 2.22. The molecule has 0 aromatic heterocycles. The molecule has 0 aliphatic heterocycles. The standard InChI is InChI=1S/C18H30O8S4/c1-17(2,29(21,22)23)9-11-27(19)13-15-5-7-16(8-6-15)14-28(20)12-10-18(3,4)30(24,25)26/h5-8H,9-14H2,1-4H3,(H,21,22,23)(H,24,25,26). The van der Waals surface area contributed by atoms with E-state index in [0.29, 0.717) is 0 Å². The lowest BCUT2D eigenvalue weighted by molar-refractivity contribution is 0.436. The molecule has 0 fully saturated rings. The van der Waals surface area contributed by atoms with Crippen LogP contribution in [0.25, 0.3) is 0 Å². The minimum absolute atomic E-state index is 0.0649. The third-order valence-corrected chi connectivity index (χ3v) is 10.8. The second kappa shape index (κ2) is 10.3. The van der Waals surface area contributed by atoms with Crippen LogP contribution in [0.5, 0.6) is 0 Å². The van der Waals surface area contributed by atoms with E-state index in [1.165, 1.54) is 27.7 Å². The third-order valence-electron chi connectivity index (χ3n) is 4.94. The van der Waals surface area contributed by atoms with Crippen molar-refractivity contribution in [3.05, 3.63) is 35.4 Å². The van der Waals surface area contributed by atoms with Crippen molar-refractivity contribution < 1.29 is 34.4 Å². The van der Waals surface area contributed by atoms with Crippen LogP contribution in [0.3, 0.4) is 0 Å². The van der Waals surface area contributed by atoms with Gasteiger partial charge in [-0.05, 0) is 51.7 Å². The van der Waals surface area contributed by atoms with E-state index in [1.54, 1.807) is 24.3 Å². The number of benzene rings is 1. The van der Waals surface area contributed by atoms with Crippen molar-refractivity contribution in [2.24, 2.45) is 0 Å². The third kappa shape index (κ3) is 8.46. The zero-order chi connectivity index (χ0) is 23.4. The van der Waals surface area contributed by atoms with E-state index in [1.807, 2.05) is 0 Å². The molecule has 8 nitrogen and oxygen atoms in total. The highest BCUT2D eigenvalue weighted by atomic mass is 32.2. The van der Waals surface area contributed by atoms with Gasteiger partial charge in [-0.2, -0.15) is 16.8 Å². The largest absolute Gasteiger partial charge is 0.285 e. The lowest BCUT2D eigenvalue weighted by atomic mass is 10.1. The van der Waals surface area contributed by atoms with E-state index >= 15 is 0 Å². The van der Waals surface area contributed by atoms with Crippen molar-refractivity contribution in [3.63, 3.8) is 0 Å². The highest BCUT2D eigenvalue weighted by molar-refractivity contribution is 7.87. The van der Waals surface area contributed by atoms with Crippen LogP contribution in [0.4, 0.5) is 0 Å². The van der Waals surface area contributed by atoms with E-state index in [2.05, 4.69) is 0 Å². The Morgan fingerprint density at radius 2 is 0.967 bits per heavy atom. The maximum atomic E-state index is 12.2. The van der Waals surface area contributed by atoms with Crippen molar-refractivity contribution in [1.82, 2.24) is 0 Å². The summed E-state index contributed by atoms with van der Waals surface area (Å²) in [6.45, 7) is 5.52. The summed E-state index contributed by atoms with van der Waals surface area (Å²) in [6, 6.07) is 7.00. The Morgan fingerprint density at radius 1 is 0.700 bits per heavy atom. The molecule has 0 saturated carbocycles. The summed E-state index contributed by atoms with van der Waals surface area (Å²) >= 11 is 0. The van der Waals surface area contributed by atoms with Gasteiger partial charge in [-0.1, -0.05) is 24.3 Å². The molecule has 2 unspecified atom stereocenters. The molecule has 1 aromatic rings. The quantitative estimate of drug-likeness (QED) is 0.415. The van der Waals surface area contributed by atoms with Crippen LogP contribution in [-0.2, 0) is 53.3 Å². The Hall–Kier alpha value is -0.660. The fraction of sp³-hybridized carbons (Fsp3) is 0.667. The fourth-order valence-electron chi connectivity index (χ4n) is 2.23. The first-order valence-corrected chi connectivity index (χ1v) is 15.0. The lowest BCUT2D eigenvalue weighted by Gasteiger charge is -2.20. The second-order valence-electron chi connectivity index (χ2n) is 8.36. The highest BCUT2D eigenvalue weighted by Gasteiger charge is 2.33. The Morgan fingerprint density at radius 3 is 1.20 bits per heavy atom. The Bertz CT molecular complexity index is 897. The summed E-state index contributed by atoms with van der Waals surface area (Å²) in [5, 5.41) is 0. The smallest absolute Gasteiger partial charge is 0.270 e. The summed E-state index contributed by atoms with van der Waals surface area (Å²) in [4.78, 5) is 0. The molecule has 0 aliphatic carbocycles. The Labute approximate surface area is 184 Å². The predicted molar refractivity (Wildman–Crippen MR) is 120 cm³/mol. The van der Waals surface area contributed by atoms with Crippen molar-refractivity contribution in [2.45, 2.75) is 61.5 Å². The van der Waals surface area contributed by atoms with Gasteiger partial charge in [0.25, 0.3) is 20.2 Å². The van der Waals surface area contributed by atoms with Crippen LogP contribution in [-0.4, -0.2) is 55.4 Å². The van der Waals surface area contributed by atoms with E-state index in [0.717, 1.165) is 11.1 Å². The molecule has 2 atom stereocenters. The van der Waals surface area contributed by atoms with Crippen molar-refractivity contribution in [3.8, 4) is 0 Å². The number of hydrogen-bond donors (Lipinski definition) is 2. The Balaban J connectivity index is 2.57. The summed E-state index contributed by atoms with van der Waals surface area (Å²) in [5.74, 6) is 0.713. The van der Waals surface area contributed by atoms with Gasteiger partial charge in [0, 0.05) is 44.6 Å². The fourth-order valence-corrected chi connectivity index (χ4v) is 6.10. The van der Waals surface area contributed by atoms with Gasteiger partial charge in [-0.3, -0.25) is 17.5 Å². The molecule has 174 valence electrons. The molecule has 0 aliphatic rings. The summed E-state index contributed by atoms with van der Waals surface area (Å²) in [6.07, 6.45) is 0.130. The predicted octanol–water partition coefficient (Wildman–Crippen LogP) is 2.30. The maximum absolute atomic E-state index is 12.2. The van der Waals surface area contributed by atoms with Crippen molar-refractivity contribution in [2.75, 3.05) is 11.5 Å². The topological polar surface area (TPSA) is 143 Å². The van der Waals surface area contributed by atoms with E-state index in [9.17, 15) is 34.4 Å². The van der Waals surface area contributed by atoms with Crippen LogP contribution in [0.1, 0.15) is 51.7 Å². The molecule has 1 aromatic carbocycles. The van der Waals surface area contributed by atoms with Crippen LogP contribution in [0.2, 0.25) is 0 Å². The van der Waals surface area contributed by atoms with Gasteiger partial charge in [0.15, 0.2) is 0 Å². The summed E-state index contributed by atoms with van der Waals surface area (Å²) < 4.78 is 85.2. The number of hydrogen-bond acceptors (Lipinski definition) is 6. The monoisotopic (exact) mass is 502 g/mol. The van der Waals surface area contributed by atoms with Gasteiger partial charge in [0.2, 0.25) is 0 Å². The molecule has 0 radical (unpaired) electrons. The molecule has 30 heavy (non-hydrogen) atoms. The van der Waals surface area contributed by atoms with Crippen LogP contribution in [0, 0.1) is 0 Å². The van der Waals surface area contributed by atoms with Gasteiger partial charge in [-0.25, -0.2) is 0 Å². The van der Waals surface area contributed by atoms with Gasteiger partial charge in [-0.15, -0.1) is 0 Å². The minimum atomic E-state index is -4.22. The van der Waals surface area contributed by atoms with Crippen molar-refractivity contribution in [1.29, 1.82) is 0 Å². The number of rotatable bonds is 12. The molecule has 0 bridgehead atoms. The van der Waals surface area contributed by atoms with Gasteiger partial charge in [0.05, 0.1) is 9.49 Å². The molecular formula is C18H30O8S4. The first-order valence-electron chi connectivity index (χ1n) is 9.16. The van der Waals surface area contributed by atoms with Gasteiger partial charge >= 0.3 is 0 Å². The molecule has 0 heterocycles.